The van der Waals surface area contributed by atoms with Gasteiger partial charge in [-0.1, -0.05) is 0 Å². The van der Waals surface area contributed by atoms with Crippen LogP contribution in [0.3, 0.4) is 0 Å². The minimum atomic E-state index is -4.46. The van der Waals surface area contributed by atoms with Crippen LogP contribution in [0.2, 0.25) is 0 Å². The maximum atomic E-state index is 12.3. The second-order valence-electron chi connectivity index (χ2n) is 3.88. The molecule has 0 amide bonds. The molecule has 0 unspecified atom stereocenters. The van der Waals surface area contributed by atoms with E-state index >= 15 is 0 Å². The van der Waals surface area contributed by atoms with Crippen molar-refractivity contribution in [3.63, 3.8) is 0 Å². The molecule has 0 radical (unpaired) electrons. The molecule has 1 aromatic heterocycles. The molecule has 0 N–H and O–H groups in total. The first-order chi connectivity index (χ1) is 7.92. The number of Topliss-reactive ketones (excluding diaryl/α,β-unsaturated/α-hetero) is 1. The molecule has 1 aromatic rings. The van der Waals surface area contributed by atoms with Crippen molar-refractivity contribution in [2.45, 2.75) is 32.0 Å². The summed E-state index contributed by atoms with van der Waals surface area (Å²) in [6, 6.07) is 0. The first-order valence-electron chi connectivity index (χ1n) is 5.07. The van der Waals surface area contributed by atoms with Gasteiger partial charge in [-0.25, -0.2) is 0 Å². The average molecular weight is 246 g/mol. The summed E-state index contributed by atoms with van der Waals surface area (Å²) in [5, 5.41) is 3.55. The van der Waals surface area contributed by atoms with Gasteiger partial charge in [-0.05, 0) is 12.8 Å². The van der Waals surface area contributed by atoms with Gasteiger partial charge >= 0.3 is 6.18 Å². The average Bonchev–Trinajstić information content (AvgIpc) is 2.55. The first kappa shape index (κ1) is 11.8. The van der Waals surface area contributed by atoms with Gasteiger partial charge in [0.2, 0.25) is 0 Å². The molecule has 0 fully saturated rings. The van der Waals surface area contributed by atoms with Crippen LogP contribution in [-0.2, 0) is 13.0 Å². The minimum absolute atomic E-state index is 0.0581. The van der Waals surface area contributed by atoms with E-state index in [1.807, 2.05) is 0 Å². The molecular formula is C10H9F3N2O2. The number of fused-ring (bicyclic) bond motifs is 1. The van der Waals surface area contributed by atoms with E-state index in [0.717, 1.165) is 0 Å². The molecule has 17 heavy (non-hydrogen) atoms. The van der Waals surface area contributed by atoms with E-state index in [1.54, 1.807) is 0 Å². The van der Waals surface area contributed by atoms with Crippen LogP contribution in [0.1, 0.15) is 39.4 Å². The van der Waals surface area contributed by atoms with Gasteiger partial charge in [-0.15, -0.1) is 0 Å². The molecule has 0 saturated heterocycles. The topological polar surface area (TPSA) is 52.0 Å². The van der Waals surface area contributed by atoms with Crippen LogP contribution >= 0.6 is 0 Å². The highest BCUT2D eigenvalue weighted by molar-refractivity contribution is 5.98. The SMILES string of the molecule is O=Cc1nn(CC(F)(F)F)c2c1CCCC2=O. The molecule has 92 valence electrons. The maximum Gasteiger partial charge on any atom is 0.408 e. The Morgan fingerprint density at radius 3 is 2.65 bits per heavy atom. The number of aromatic nitrogens is 2. The van der Waals surface area contributed by atoms with Gasteiger partial charge in [0.1, 0.15) is 17.9 Å². The summed E-state index contributed by atoms with van der Waals surface area (Å²) in [7, 11) is 0. The number of alkyl halides is 3. The highest BCUT2D eigenvalue weighted by atomic mass is 19.4. The predicted octanol–water partition coefficient (Wildman–Crippen LogP) is 1.78. The van der Waals surface area contributed by atoms with Crippen molar-refractivity contribution in [2.24, 2.45) is 0 Å². The Bertz CT molecular complexity index is 477. The normalized spacial score (nSPS) is 15.8. The standard InChI is InChI=1S/C10H9F3N2O2/c11-10(12,13)5-15-9-6(7(4-16)14-15)2-1-3-8(9)17/h4H,1-3,5H2. The van der Waals surface area contributed by atoms with Crippen molar-refractivity contribution in [1.29, 1.82) is 0 Å². The Kier molecular flexibility index (Phi) is 2.76. The van der Waals surface area contributed by atoms with Crippen LogP contribution in [0.25, 0.3) is 0 Å². The highest BCUT2D eigenvalue weighted by Crippen LogP contribution is 2.26. The van der Waals surface area contributed by atoms with Gasteiger partial charge in [0, 0.05) is 12.0 Å². The van der Waals surface area contributed by atoms with Crippen LogP contribution in [0.5, 0.6) is 0 Å². The van der Waals surface area contributed by atoms with E-state index in [1.165, 1.54) is 0 Å². The fourth-order valence-corrected chi connectivity index (χ4v) is 2.00. The lowest BCUT2D eigenvalue weighted by molar-refractivity contribution is -0.142. The van der Waals surface area contributed by atoms with Crippen LogP contribution in [-0.4, -0.2) is 28.0 Å². The van der Waals surface area contributed by atoms with E-state index in [4.69, 9.17) is 0 Å². The number of hydrogen-bond donors (Lipinski definition) is 0. The molecule has 0 bridgehead atoms. The molecule has 0 atom stereocenters. The summed E-state index contributed by atoms with van der Waals surface area (Å²) in [6.45, 7) is -1.34. The number of carbonyl (C=O) groups is 2. The molecule has 1 aliphatic carbocycles. The summed E-state index contributed by atoms with van der Waals surface area (Å²) >= 11 is 0. The number of rotatable bonds is 2. The van der Waals surface area contributed by atoms with Crippen molar-refractivity contribution >= 4 is 12.1 Å². The second-order valence-corrected chi connectivity index (χ2v) is 3.88. The summed E-state index contributed by atoms with van der Waals surface area (Å²) < 4.78 is 37.5. The van der Waals surface area contributed by atoms with Crippen LogP contribution < -0.4 is 0 Å². The quantitative estimate of drug-likeness (QED) is 0.747. The molecule has 2 rings (SSSR count). The number of halogens is 3. The van der Waals surface area contributed by atoms with Crippen LogP contribution in [0, 0.1) is 0 Å². The van der Waals surface area contributed by atoms with Gasteiger partial charge in [-0.3, -0.25) is 14.3 Å². The molecular weight excluding hydrogens is 237 g/mol. The summed E-state index contributed by atoms with van der Waals surface area (Å²) in [5.41, 5.74) is 0.230. The number of ketones is 1. The lowest BCUT2D eigenvalue weighted by atomic mass is 9.95. The minimum Gasteiger partial charge on any atom is -0.296 e. The lowest BCUT2D eigenvalue weighted by Crippen LogP contribution is -2.23. The summed E-state index contributed by atoms with van der Waals surface area (Å²) in [4.78, 5) is 22.3. The third-order valence-electron chi connectivity index (χ3n) is 2.62. The molecule has 7 heteroatoms. The van der Waals surface area contributed by atoms with Gasteiger partial charge in [0.05, 0.1) is 0 Å². The van der Waals surface area contributed by atoms with Gasteiger partial charge in [-0.2, -0.15) is 18.3 Å². The molecule has 0 aliphatic heterocycles. The predicted molar refractivity (Wildman–Crippen MR) is 50.9 cm³/mol. The molecule has 1 aliphatic rings. The van der Waals surface area contributed by atoms with E-state index < -0.39 is 12.7 Å². The van der Waals surface area contributed by atoms with Gasteiger partial charge in [0.15, 0.2) is 12.1 Å². The van der Waals surface area contributed by atoms with Crippen LogP contribution in [0.15, 0.2) is 0 Å². The van der Waals surface area contributed by atoms with Crippen molar-refractivity contribution in [3.8, 4) is 0 Å². The van der Waals surface area contributed by atoms with Crippen molar-refractivity contribution < 1.29 is 22.8 Å². The van der Waals surface area contributed by atoms with E-state index in [9.17, 15) is 22.8 Å². The number of aldehydes is 1. The lowest BCUT2D eigenvalue weighted by Gasteiger charge is -2.13. The summed E-state index contributed by atoms with van der Waals surface area (Å²) in [5.74, 6) is -0.379. The fraction of sp³-hybridized carbons (Fsp3) is 0.500. The molecule has 4 nitrogen and oxygen atoms in total. The maximum absolute atomic E-state index is 12.3. The fourth-order valence-electron chi connectivity index (χ4n) is 2.00. The third-order valence-corrected chi connectivity index (χ3v) is 2.62. The van der Waals surface area contributed by atoms with Crippen molar-refractivity contribution in [1.82, 2.24) is 9.78 Å². The summed E-state index contributed by atoms with van der Waals surface area (Å²) in [6.07, 6.45) is -2.89. The third kappa shape index (κ3) is 2.22. The molecule has 0 aromatic carbocycles. The number of nitrogens with zero attached hydrogens (tertiary/aromatic N) is 2. The Morgan fingerprint density at radius 1 is 1.35 bits per heavy atom. The Balaban J connectivity index is 2.49. The van der Waals surface area contributed by atoms with E-state index in [2.05, 4.69) is 5.10 Å². The Morgan fingerprint density at radius 2 is 2.06 bits per heavy atom. The zero-order valence-corrected chi connectivity index (χ0v) is 8.75. The zero-order valence-electron chi connectivity index (χ0n) is 8.75. The molecule has 1 heterocycles. The Labute approximate surface area is 94.4 Å². The second kappa shape index (κ2) is 3.97. The van der Waals surface area contributed by atoms with Gasteiger partial charge < -0.3 is 0 Å². The Hall–Kier alpha value is -1.66. The molecule has 0 spiro atoms. The largest absolute Gasteiger partial charge is 0.408 e. The van der Waals surface area contributed by atoms with Gasteiger partial charge in [0.25, 0.3) is 0 Å². The van der Waals surface area contributed by atoms with Crippen LogP contribution in [0.4, 0.5) is 13.2 Å². The van der Waals surface area contributed by atoms with Crippen molar-refractivity contribution in [2.75, 3.05) is 0 Å². The zero-order chi connectivity index (χ0) is 12.6. The number of carbonyl (C=O) groups excluding carboxylic acids is 2. The number of hydrogen-bond acceptors (Lipinski definition) is 3. The first-order valence-corrected chi connectivity index (χ1v) is 5.07. The monoisotopic (exact) mass is 246 g/mol. The highest BCUT2D eigenvalue weighted by Gasteiger charge is 2.34. The van der Waals surface area contributed by atoms with E-state index in [0.29, 0.717) is 29.4 Å². The van der Waals surface area contributed by atoms with E-state index in [-0.39, 0.29) is 23.6 Å². The smallest absolute Gasteiger partial charge is 0.296 e. The van der Waals surface area contributed by atoms with Crippen molar-refractivity contribution in [3.05, 3.63) is 17.0 Å². The molecule has 0 saturated carbocycles.